The monoisotopic (exact) mass is 472 g/mol. The van der Waals surface area contributed by atoms with Crippen LogP contribution in [0.3, 0.4) is 0 Å². The lowest BCUT2D eigenvalue weighted by molar-refractivity contribution is -0.122. The number of carbonyl (C=O) groups excluding carboxylic acids is 1. The summed E-state index contributed by atoms with van der Waals surface area (Å²) in [4.78, 5) is 30.7. The smallest absolute Gasteiger partial charge is 0.270 e. The number of aromatic nitrogens is 1. The fourth-order valence-electron chi connectivity index (χ4n) is 4.75. The van der Waals surface area contributed by atoms with Gasteiger partial charge in [0.1, 0.15) is 21.8 Å². The van der Waals surface area contributed by atoms with Crippen molar-refractivity contribution in [2.75, 3.05) is 24.5 Å². The maximum Gasteiger partial charge on any atom is 0.270 e. The lowest BCUT2D eigenvalue weighted by Crippen LogP contribution is -2.42. The predicted octanol–water partition coefficient (Wildman–Crippen LogP) is 4.53. The van der Waals surface area contributed by atoms with Crippen molar-refractivity contribution in [1.29, 1.82) is 5.26 Å². The Morgan fingerprint density at radius 3 is 2.44 bits per heavy atom. The molecule has 2 aliphatic heterocycles. The second kappa shape index (κ2) is 10.2. The summed E-state index contributed by atoms with van der Waals surface area (Å²) in [5.74, 6) is 1.71. The molecule has 1 aromatic heterocycles. The molecular formula is C24H32N4O2S2. The van der Waals surface area contributed by atoms with Gasteiger partial charge in [-0.2, -0.15) is 5.26 Å². The van der Waals surface area contributed by atoms with Gasteiger partial charge in [-0.3, -0.25) is 19.1 Å². The first-order valence-electron chi connectivity index (χ1n) is 11.4. The average molecular weight is 473 g/mol. The van der Waals surface area contributed by atoms with Crippen molar-refractivity contribution in [3.8, 4) is 6.07 Å². The summed E-state index contributed by atoms with van der Waals surface area (Å²) in [5.41, 5.74) is 1.28. The summed E-state index contributed by atoms with van der Waals surface area (Å²) < 4.78 is 2.26. The van der Waals surface area contributed by atoms with Crippen LogP contribution in [0.4, 0.5) is 5.82 Å². The fourth-order valence-corrected chi connectivity index (χ4v) is 6.04. The molecule has 0 bridgehead atoms. The van der Waals surface area contributed by atoms with Crippen LogP contribution >= 0.6 is 24.0 Å². The molecule has 2 atom stereocenters. The summed E-state index contributed by atoms with van der Waals surface area (Å²) >= 11 is 6.78. The Morgan fingerprint density at radius 1 is 1.22 bits per heavy atom. The van der Waals surface area contributed by atoms with Gasteiger partial charge < -0.3 is 4.90 Å². The van der Waals surface area contributed by atoms with Crippen molar-refractivity contribution in [3.63, 3.8) is 0 Å². The third-order valence-corrected chi connectivity index (χ3v) is 7.59. The van der Waals surface area contributed by atoms with Crippen LogP contribution in [0.2, 0.25) is 0 Å². The Morgan fingerprint density at radius 2 is 1.88 bits per heavy atom. The molecule has 0 aromatic carbocycles. The third-order valence-electron chi connectivity index (χ3n) is 6.22. The Bertz CT molecular complexity index is 1040. The van der Waals surface area contributed by atoms with Gasteiger partial charge in [-0.25, -0.2) is 0 Å². The molecule has 2 unspecified atom stereocenters. The summed E-state index contributed by atoms with van der Waals surface area (Å²) in [6.45, 7) is 13.0. The zero-order valence-corrected chi connectivity index (χ0v) is 21.2. The minimum Gasteiger partial charge on any atom is -0.357 e. The molecule has 8 heteroatoms. The number of amides is 1. The van der Waals surface area contributed by atoms with Crippen molar-refractivity contribution >= 4 is 46.1 Å². The van der Waals surface area contributed by atoms with Crippen molar-refractivity contribution in [1.82, 2.24) is 9.47 Å². The number of hydrogen-bond donors (Lipinski definition) is 0. The first-order chi connectivity index (χ1) is 15.2. The molecule has 2 fully saturated rings. The molecule has 3 heterocycles. The first-order valence-corrected chi connectivity index (χ1v) is 12.6. The number of hydrogen-bond acceptors (Lipinski definition) is 6. The van der Waals surface area contributed by atoms with Crippen LogP contribution in [0, 0.1) is 30.1 Å². The molecule has 0 spiro atoms. The van der Waals surface area contributed by atoms with Crippen LogP contribution in [0.15, 0.2) is 9.70 Å². The highest BCUT2D eigenvalue weighted by atomic mass is 32.2. The Labute approximate surface area is 200 Å². The number of piperidine rings is 1. The van der Waals surface area contributed by atoms with E-state index in [1.165, 1.54) is 11.8 Å². The van der Waals surface area contributed by atoms with Gasteiger partial charge in [0.25, 0.3) is 11.5 Å². The minimum absolute atomic E-state index is 0.0908. The van der Waals surface area contributed by atoms with Crippen molar-refractivity contribution in [2.45, 2.75) is 60.4 Å². The van der Waals surface area contributed by atoms with Crippen LogP contribution in [0.5, 0.6) is 0 Å². The number of thiocarbonyl (C=S) groups is 1. The first kappa shape index (κ1) is 24.5. The number of anilines is 1. The van der Waals surface area contributed by atoms with E-state index in [0.29, 0.717) is 39.7 Å². The average Bonchev–Trinajstić information content (AvgIpc) is 3.00. The second-order valence-electron chi connectivity index (χ2n) is 8.94. The summed E-state index contributed by atoms with van der Waals surface area (Å²) in [5, 5.41) is 9.72. The normalized spacial score (nSPS) is 22.7. The molecule has 0 radical (unpaired) electrons. The maximum absolute atomic E-state index is 13.1. The fraction of sp³-hybridized carbons (Fsp3) is 0.583. The molecule has 0 aliphatic carbocycles. The number of rotatable bonds is 6. The van der Waals surface area contributed by atoms with E-state index < -0.39 is 0 Å². The largest absolute Gasteiger partial charge is 0.357 e. The standard InChI is InChI=1S/C24H32N4O2S2/c1-6-8-9-28-23(30)20(32-24(28)31)11-18-17(5)19(12-25)22(29)27(7-2)21(18)26-13-15(3)10-16(4)14-26/h11,15-16H,6-10,13-14H2,1-5H3/b20-11-. The van der Waals surface area contributed by atoms with E-state index in [1.807, 2.05) is 19.9 Å². The number of nitrogens with zero attached hydrogens (tertiary/aromatic N) is 4. The molecule has 32 heavy (non-hydrogen) atoms. The van der Waals surface area contributed by atoms with E-state index in [9.17, 15) is 14.9 Å². The Hall–Kier alpha value is -2.11. The van der Waals surface area contributed by atoms with Gasteiger partial charge in [0.2, 0.25) is 0 Å². The van der Waals surface area contributed by atoms with Crippen LogP contribution in [0.25, 0.3) is 6.08 Å². The summed E-state index contributed by atoms with van der Waals surface area (Å²) in [6.07, 6.45) is 4.88. The molecule has 2 aliphatic rings. The van der Waals surface area contributed by atoms with Gasteiger partial charge in [-0.15, -0.1) is 0 Å². The zero-order chi connectivity index (χ0) is 23.6. The van der Waals surface area contributed by atoms with Crippen molar-refractivity contribution in [3.05, 3.63) is 31.9 Å². The molecule has 1 amide bonds. The van der Waals surface area contributed by atoms with Crippen LogP contribution < -0.4 is 10.5 Å². The topological polar surface area (TPSA) is 69.3 Å². The van der Waals surface area contributed by atoms with E-state index in [4.69, 9.17) is 12.2 Å². The van der Waals surface area contributed by atoms with Gasteiger partial charge in [0.15, 0.2) is 0 Å². The molecular weight excluding hydrogens is 440 g/mol. The quantitative estimate of drug-likeness (QED) is 0.447. The molecule has 3 rings (SSSR count). The third kappa shape index (κ3) is 4.65. The molecule has 172 valence electrons. The zero-order valence-electron chi connectivity index (χ0n) is 19.6. The second-order valence-corrected chi connectivity index (χ2v) is 10.6. The van der Waals surface area contributed by atoms with Gasteiger partial charge in [-0.05, 0) is 50.2 Å². The highest BCUT2D eigenvalue weighted by molar-refractivity contribution is 8.26. The molecule has 6 nitrogen and oxygen atoms in total. The van der Waals surface area contributed by atoms with E-state index in [1.54, 1.807) is 9.47 Å². The van der Waals surface area contributed by atoms with E-state index in [2.05, 4.69) is 31.7 Å². The molecule has 1 aromatic rings. The minimum atomic E-state index is -0.263. The van der Waals surface area contributed by atoms with E-state index >= 15 is 0 Å². The highest BCUT2D eigenvalue weighted by Gasteiger charge is 2.33. The van der Waals surface area contributed by atoms with Gasteiger partial charge >= 0.3 is 0 Å². The summed E-state index contributed by atoms with van der Waals surface area (Å²) in [7, 11) is 0. The number of carbonyl (C=O) groups is 1. The number of pyridine rings is 1. The SMILES string of the molecule is CCCCN1C(=O)/C(=C/c2c(C)c(C#N)c(=O)n(CC)c2N2CC(C)CC(C)C2)SC1=S. The molecule has 0 saturated carbocycles. The summed E-state index contributed by atoms with van der Waals surface area (Å²) in [6, 6.07) is 2.10. The van der Waals surface area contributed by atoms with E-state index in [-0.39, 0.29) is 17.0 Å². The van der Waals surface area contributed by atoms with Gasteiger partial charge in [0, 0.05) is 31.7 Å². The number of thioether (sulfide) groups is 1. The Kier molecular flexibility index (Phi) is 7.84. The maximum atomic E-state index is 13.1. The van der Waals surface area contributed by atoms with Gasteiger partial charge in [-0.1, -0.05) is 51.2 Å². The van der Waals surface area contributed by atoms with Crippen LogP contribution in [-0.2, 0) is 11.3 Å². The van der Waals surface area contributed by atoms with Crippen molar-refractivity contribution < 1.29 is 4.79 Å². The lowest BCUT2D eigenvalue weighted by atomic mass is 9.91. The van der Waals surface area contributed by atoms with Gasteiger partial charge in [0.05, 0.1) is 4.91 Å². The lowest BCUT2D eigenvalue weighted by Gasteiger charge is -2.38. The van der Waals surface area contributed by atoms with Crippen molar-refractivity contribution in [2.24, 2.45) is 11.8 Å². The van der Waals surface area contributed by atoms with Crippen LogP contribution in [-0.4, -0.2) is 39.3 Å². The number of nitriles is 1. The number of unbranched alkanes of at least 4 members (excludes halogenated alkanes) is 1. The molecule has 2 saturated heterocycles. The molecule has 0 N–H and O–H groups in total. The predicted molar refractivity (Wildman–Crippen MR) is 136 cm³/mol. The van der Waals surface area contributed by atoms with Crippen LogP contribution in [0.1, 0.15) is 63.6 Å². The highest BCUT2D eigenvalue weighted by Crippen LogP contribution is 2.37. The van der Waals surface area contributed by atoms with E-state index in [0.717, 1.165) is 43.7 Å². The Balaban J connectivity index is 2.20.